The zero-order valence-electron chi connectivity index (χ0n) is 2.93. The Kier molecular flexibility index (Phi) is 3.44. The second-order valence-corrected chi connectivity index (χ2v) is 1.73. The normalized spacial score (nSPS) is 7.67. The van der Waals surface area contributed by atoms with Gasteiger partial charge in [-0.3, -0.25) is 11.3 Å². The molecule has 0 radical (unpaired) electrons. The first kappa shape index (κ1) is 6.16. The van der Waals surface area contributed by atoms with E-state index in [2.05, 4.69) is 35.8 Å². The average Bonchev–Trinajstić information content (AvgIpc) is 1.35. The van der Waals surface area contributed by atoms with Crippen LogP contribution in [-0.4, -0.2) is 4.32 Å². The molecule has 0 amide bonds. The number of hydrogen-bond acceptors (Lipinski definition) is 3. The first-order valence-corrected chi connectivity index (χ1v) is 2.07. The quantitative estimate of drug-likeness (QED) is 0.159. The van der Waals surface area contributed by atoms with Crippen molar-refractivity contribution in [2.75, 3.05) is 0 Å². The van der Waals surface area contributed by atoms with E-state index in [-0.39, 0.29) is 0 Å². The molecule has 0 atom stereocenters. The Labute approximate surface area is 46.6 Å². The van der Waals surface area contributed by atoms with Crippen molar-refractivity contribution < 1.29 is 0 Å². The number of thiol groups is 1. The van der Waals surface area contributed by atoms with Crippen LogP contribution in [0.2, 0.25) is 0 Å². The van der Waals surface area contributed by atoms with Crippen LogP contribution < -0.4 is 16.8 Å². The molecule has 0 aromatic carbocycles. The van der Waals surface area contributed by atoms with Gasteiger partial charge >= 0.3 is 0 Å². The van der Waals surface area contributed by atoms with Crippen molar-refractivity contribution in [1.82, 2.24) is 11.0 Å². The molecule has 5 heteroatoms. The van der Waals surface area contributed by atoms with Gasteiger partial charge in [0.05, 0.1) is 0 Å². The Morgan fingerprint density at radius 3 is 2.33 bits per heavy atom. The van der Waals surface area contributed by atoms with Crippen molar-refractivity contribution in [3.8, 4) is 0 Å². The Bertz CT molecular complexity index is 52.8. The second kappa shape index (κ2) is 3.35. The van der Waals surface area contributed by atoms with E-state index in [1.165, 1.54) is 0 Å². The van der Waals surface area contributed by atoms with Gasteiger partial charge in [-0.1, -0.05) is 12.2 Å². The van der Waals surface area contributed by atoms with Gasteiger partial charge in [-0.25, -0.2) is 0 Å². The predicted octanol–water partition coefficient (Wildman–Crippen LogP) is -0.831. The smallest absolute Gasteiger partial charge is 0.145 e. The highest BCUT2D eigenvalue weighted by molar-refractivity contribution is 8.11. The molecule has 0 aliphatic rings. The van der Waals surface area contributed by atoms with Crippen LogP contribution in [0.25, 0.3) is 0 Å². The van der Waals surface area contributed by atoms with Gasteiger partial charge in [0.25, 0.3) is 0 Å². The minimum atomic E-state index is 0.331. The third-order valence-electron chi connectivity index (χ3n) is 0.179. The van der Waals surface area contributed by atoms with Crippen molar-refractivity contribution in [2.24, 2.45) is 5.84 Å². The molecule has 6 heavy (non-hydrogen) atoms. The van der Waals surface area contributed by atoms with E-state index in [0.717, 1.165) is 0 Å². The van der Waals surface area contributed by atoms with Crippen LogP contribution >= 0.6 is 24.8 Å². The van der Waals surface area contributed by atoms with E-state index in [1.807, 2.05) is 0 Å². The first-order chi connectivity index (χ1) is 2.77. The molecular weight excluding hydrogens is 118 g/mol. The van der Waals surface area contributed by atoms with Crippen molar-refractivity contribution in [3.05, 3.63) is 0 Å². The summed E-state index contributed by atoms with van der Waals surface area (Å²) in [5.41, 5.74) is 4.43. The molecule has 3 nitrogen and oxygen atoms in total. The molecule has 0 rings (SSSR count). The summed E-state index contributed by atoms with van der Waals surface area (Å²) in [6.45, 7) is 0. The molecule has 0 aliphatic carbocycles. The van der Waals surface area contributed by atoms with E-state index in [1.54, 1.807) is 0 Å². The number of thiocarbonyl (C=S) groups is 1. The highest BCUT2D eigenvalue weighted by Crippen LogP contribution is 1.69. The van der Waals surface area contributed by atoms with Crippen LogP contribution in [0.1, 0.15) is 0 Å². The van der Waals surface area contributed by atoms with Crippen LogP contribution in [0.3, 0.4) is 0 Å². The van der Waals surface area contributed by atoms with Crippen LogP contribution in [0.4, 0.5) is 0 Å². The van der Waals surface area contributed by atoms with E-state index in [4.69, 9.17) is 5.84 Å². The molecule has 0 aliphatic heterocycles. The van der Waals surface area contributed by atoms with Gasteiger partial charge in [0.2, 0.25) is 0 Å². The molecular formula is CH5N3S2. The fourth-order valence-corrected chi connectivity index (χ4v) is 0.185. The molecule has 0 unspecified atom stereocenters. The maximum atomic E-state index is 4.73. The number of rotatable bonds is 1. The van der Waals surface area contributed by atoms with Gasteiger partial charge < -0.3 is 0 Å². The number of nitrogens with one attached hydrogen (secondary N) is 2. The largest absolute Gasteiger partial charge is 0.294 e. The molecule has 4 N–H and O–H groups in total. The third-order valence-corrected chi connectivity index (χ3v) is 0.393. The molecule has 0 fully saturated rings. The molecule has 36 valence electrons. The minimum Gasteiger partial charge on any atom is -0.294 e. The summed E-state index contributed by atoms with van der Waals surface area (Å²) in [5, 5.41) is 0. The summed E-state index contributed by atoms with van der Waals surface area (Å²) in [5.74, 6) is 4.73. The van der Waals surface area contributed by atoms with Crippen LogP contribution in [0.15, 0.2) is 0 Å². The van der Waals surface area contributed by atoms with Crippen molar-refractivity contribution >= 4 is 29.2 Å². The molecule has 0 aromatic rings. The lowest BCUT2D eigenvalue weighted by atomic mass is 11.5. The molecule has 0 heterocycles. The number of hydrogen-bond donors (Lipinski definition) is 4. The monoisotopic (exact) mass is 123 g/mol. The lowest BCUT2D eigenvalue weighted by Crippen LogP contribution is -2.39. The van der Waals surface area contributed by atoms with E-state index in [9.17, 15) is 0 Å². The van der Waals surface area contributed by atoms with Gasteiger partial charge in [-0.05, 0) is 0 Å². The van der Waals surface area contributed by atoms with E-state index < -0.39 is 0 Å². The molecule has 0 aromatic heterocycles. The number of hydrazine groups is 2. The van der Waals surface area contributed by atoms with Crippen molar-refractivity contribution in [1.29, 1.82) is 0 Å². The summed E-state index contributed by atoms with van der Waals surface area (Å²) < 4.78 is 0.331. The highest BCUT2D eigenvalue weighted by atomic mass is 32.1. The molecule has 0 saturated carbocycles. The standard InChI is InChI=1S/CH5N3S2/c2-4-3-1(5)6/h4H,2H2,(H2,3,5,6). The minimum absolute atomic E-state index is 0.331. The summed E-state index contributed by atoms with van der Waals surface area (Å²) in [7, 11) is 0. The maximum absolute atomic E-state index is 4.73. The SMILES string of the molecule is NNNC(=S)S. The molecule has 0 spiro atoms. The summed E-state index contributed by atoms with van der Waals surface area (Å²) >= 11 is 8.06. The van der Waals surface area contributed by atoms with Crippen LogP contribution in [-0.2, 0) is 0 Å². The Balaban J connectivity index is 2.83. The topological polar surface area (TPSA) is 50.1 Å². The predicted molar refractivity (Wildman–Crippen MR) is 32.0 cm³/mol. The summed E-state index contributed by atoms with van der Waals surface area (Å²) in [4.78, 5) is 0. The van der Waals surface area contributed by atoms with Gasteiger partial charge in [0, 0.05) is 0 Å². The first-order valence-electron chi connectivity index (χ1n) is 1.22. The Hall–Kier alpha value is 0.160. The lowest BCUT2D eigenvalue weighted by molar-refractivity contribution is 0.709. The molecule has 0 bridgehead atoms. The highest BCUT2D eigenvalue weighted by Gasteiger charge is 1.73. The Morgan fingerprint density at radius 1 is 1.83 bits per heavy atom. The van der Waals surface area contributed by atoms with E-state index in [0.29, 0.717) is 4.32 Å². The molecule has 0 saturated heterocycles. The van der Waals surface area contributed by atoms with Crippen LogP contribution in [0.5, 0.6) is 0 Å². The summed E-state index contributed by atoms with van der Waals surface area (Å²) in [6.07, 6.45) is 0. The van der Waals surface area contributed by atoms with E-state index >= 15 is 0 Å². The van der Waals surface area contributed by atoms with Crippen LogP contribution in [0, 0.1) is 0 Å². The fourth-order valence-electron chi connectivity index (χ4n) is 0.0617. The Morgan fingerprint density at radius 2 is 2.33 bits per heavy atom. The van der Waals surface area contributed by atoms with Crippen molar-refractivity contribution in [3.63, 3.8) is 0 Å². The fraction of sp³-hybridized carbons (Fsp3) is 0. The van der Waals surface area contributed by atoms with Crippen molar-refractivity contribution in [2.45, 2.75) is 0 Å². The maximum Gasteiger partial charge on any atom is 0.145 e. The van der Waals surface area contributed by atoms with Gasteiger partial charge in [0.1, 0.15) is 4.32 Å². The van der Waals surface area contributed by atoms with Gasteiger partial charge in [-0.2, -0.15) is 5.53 Å². The average molecular weight is 123 g/mol. The zero-order valence-corrected chi connectivity index (χ0v) is 4.64. The lowest BCUT2D eigenvalue weighted by Gasteiger charge is -1.94. The summed E-state index contributed by atoms with van der Waals surface area (Å²) in [6, 6.07) is 0. The zero-order chi connectivity index (χ0) is 4.99. The number of nitrogens with two attached hydrogens (primary N) is 1. The second-order valence-electron chi connectivity index (χ2n) is 0.574. The third kappa shape index (κ3) is 4.16. The van der Waals surface area contributed by atoms with Gasteiger partial charge in [-0.15, -0.1) is 12.6 Å². The van der Waals surface area contributed by atoms with Gasteiger partial charge in [0.15, 0.2) is 0 Å².